The van der Waals surface area contributed by atoms with Gasteiger partial charge < -0.3 is 10.1 Å². The molecule has 1 N–H and O–H groups in total. The minimum absolute atomic E-state index is 0.350. The third-order valence-corrected chi connectivity index (χ3v) is 3.50. The van der Waals surface area contributed by atoms with E-state index in [1.54, 1.807) is 6.07 Å². The molecule has 0 aromatic heterocycles. The van der Waals surface area contributed by atoms with Crippen LogP contribution in [0, 0.1) is 11.3 Å². The molecule has 0 saturated heterocycles. The van der Waals surface area contributed by atoms with Crippen LogP contribution >= 0.6 is 11.6 Å². The standard InChI is InChI=1S/C17H17ClN2O/c1-2-20-11-15-16(18)8-5-9-17(15)21-12-14-7-4-3-6-13(14)10-19/h3-9,20H,2,11-12H2,1H3. The van der Waals surface area contributed by atoms with Gasteiger partial charge in [-0.2, -0.15) is 5.26 Å². The molecule has 0 atom stereocenters. The molecule has 108 valence electrons. The highest BCUT2D eigenvalue weighted by Gasteiger charge is 2.09. The summed E-state index contributed by atoms with van der Waals surface area (Å²) in [5.74, 6) is 0.746. The van der Waals surface area contributed by atoms with Gasteiger partial charge in [-0.25, -0.2) is 0 Å². The fourth-order valence-electron chi connectivity index (χ4n) is 2.01. The summed E-state index contributed by atoms with van der Waals surface area (Å²) < 4.78 is 5.87. The Morgan fingerprint density at radius 3 is 2.76 bits per heavy atom. The van der Waals surface area contributed by atoms with E-state index in [2.05, 4.69) is 11.4 Å². The van der Waals surface area contributed by atoms with Crippen LogP contribution in [0.25, 0.3) is 0 Å². The Balaban J connectivity index is 2.16. The summed E-state index contributed by atoms with van der Waals surface area (Å²) in [5.41, 5.74) is 2.44. The molecule has 21 heavy (non-hydrogen) atoms. The molecule has 0 aliphatic carbocycles. The van der Waals surface area contributed by atoms with Crippen LogP contribution in [0.1, 0.15) is 23.6 Å². The van der Waals surface area contributed by atoms with Gasteiger partial charge in [0.15, 0.2) is 0 Å². The molecule has 0 fully saturated rings. The Morgan fingerprint density at radius 1 is 1.19 bits per heavy atom. The van der Waals surface area contributed by atoms with Crippen LogP contribution in [-0.2, 0) is 13.2 Å². The lowest BCUT2D eigenvalue weighted by Crippen LogP contribution is -2.13. The summed E-state index contributed by atoms with van der Waals surface area (Å²) in [7, 11) is 0. The first-order valence-corrected chi connectivity index (χ1v) is 7.23. The number of hydrogen-bond donors (Lipinski definition) is 1. The van der Waals surface area contributed by atoms with Crippen molar-refractivity contribution in [2.24, 2.45) is 0 Å². The number of ether oxygens (including phenoxy) is 1. The van der Waals surface area contributed by atoms with Gasteiger partial charge in [-0.15, -0.1) is 0 Å². The van der Waals surface area contributed by atoms with Crippen molar-refractivity contribution in [3.05, 3.63) is 64.2 Å². The third-order valence-electron chi connectivity index (χ3n) is 3.15. The monoisotopic (exact) mass is 300 g/mol. The zero-order chi connectivity index (χ0) is 15.1. The predicted octanol–water partition coefficient (Wildman–Crippen LogP) is 3.90. The predicted molar refractivity (Wildman–Crippen MR) is 84.3 cm³/mol. The van der Waals surface area contributed by atoms with Crippen molar-refractivity contribution < 1.29 is 4.74 Å². The fraction of sp³-hybridized carbons (Fsp3) is 0.235. The molecule has 0 radical (unpaired) electrons. The highest BCUT2D eigenvalue weighted by Crippen LogP contribution is 2.27. The van der Waals surface area contributed by atoms with E-state index < -0.39 is 0 Å². The van der Waals surface area contributed by atoms with Gasteiger partial charge in [0.25, 0.3) is 0 Å². The number of rotatable bonds is 6. The number of benzene rings is 2. The molecule has 0 spiro atoms. The Labute approximate surface area is 130 Å². The van der Waals surface area contributed by atoms with E-state index in [1.165, 1.54) is 0 Å². The van der Waals surface area contributed by atoms with Crippen molar-refractivity contribution in [1.29, 1.82) is 5.26 Å². The van der Waals surface area contributed by atoms with Crippen LogP contribution in [-0.4, -0.2) is 6.54 Å². The van der Waals surface area contributed by atoms with Gasteiger partial charge in [-0.05, 0) is 24.7 Å². The van der Waals surface area contributed by atoms with E-state index in [-0.39, 0.29) is 0 Å². The zero-order valence-electron chi connectivity index (χ0n) is 11.9. The fourth-order valence-corrected chi connectivity index (χ4v) is 2.24. The zero-order valence-corrected chi connectivity index (χ0v) is 12.7. The van der Waals surface area contributed by atoms with E-state index >= 15 is 0 Å². The number of nitrogens with one attached hydrogen (secondary N) is 1. The number of nitriles is 1. The van der Waals surface area contributed by atoms with Crippen LogP contribution < -0.4 is 10.1 Å². The maximum Gasteiger partial charge on any atom is 0.125 e. The Kier molecular flexibility index (Phi) is 5.62. The van der Waals surface area contributed by atoms with E-state index in [4.69, 9.17) is 21.6 Å². The molecule has 2 aromatic rings. The summed E-state index contributed by atoms with van der Waals surface area (Å²) in [4.78, 5) is 0. The topological polar surface area (TPSA) is 45.0 Å². The quantitative estimate of drug-likeness (QED) is 0.880. The van der Waals surface area contributed by atoms with Gasteiger partial charge in [0.05, 0.1) is 11.6 Å². The molecule has 2 aromatic carbocycles. The molecule has 0 heterocycles. The summed E-state index contributed by atoms with van der Waals surface area (Å²) in [5, 5.41) is 13.0. The van der Waals surface area contributed by atoms with Crippen molar-refractivity contribution >= 4 is 11.6 Å². The van der Waals surface area contributed by atoms with Crippen LogP contribution in [0.5, 0.6) is 5.75 Å². The smallest absolute Gasteiger partial charge is 0.125 e. The first-order valence-electron chi connectivity index (χ1n) is 6.85. The van der Waals surface area contributed by atoms with E-state index in [9.17, 15) is 0 Å². The lowest BCUT2D eigenvalue weighted by molar-refractivity contribution is 0.302. The van der Waals surface area contributed by atoms with Crippen LogP contribution in [0.4, 0.5) is 0 Å². The van der Waals surface area contributed by atoms with Crippen molar-refractivity contribution in [3.63, 3.8) is 0 Å². The minimum atomic E-state index is 0.350. The Bertz CT molecular complexity index is 649. The lowest BCUT2D eigenvalue weighted by atomic mass is 10.1. The lowest BCUT2D eigenvalue weighted by Gasteiger charge is -2.14. The van der Waals surface area contributed by atoms with Gasteiger partial charge >= 0.3 is 0 Å². The second-order valence-electron chi connectivity index (χ2n) is 4.55. The Hall–Kier alpha value is -2.02. The highest BCUT2D eigenvalue weighted by molar-refractivity contribution is 6.31. The van der Waals surface area contributed by atoms with Crippen LogP contribution in [0.15, 0.2) is 42.5 Å². The van der Waals surface area contributed by atoms with E-state index in [0.29, 0.717) is 23.7 Å². The van der Waals surface area contributed by atoms with E-state index in [1.807, 2.05) is 43.3 Å². The SMILES string of the molecule is CCNCc1c(Cl)cccc1OCc1ccccc1C#N. The molecule has 0 saturated carbocycles. The molecule has 0 aliphatic rings. The van der Waals surface area contributed by atoms with Crippen molar-refractivity contribution in [1.82, 2.24) is 5.32 Å². The Morgan fingerprint density at radius 2 is 2.00 bits per heavy atom. The maximum atomic E-state index is 9.09. The molecule has 4 heteroatoms. The van der Waals surface area contributed by atoms with Crippen LogP contribution in [0.3, 0.4) is 0 Å². The highest BCUT2D eigenvalue weighted by atomic mass is 35.5. The van der Waals surface area contributed by atoms with Gasteiger partial charge in [0.2, 0.25) is 0 Å². The van der Waals surface area contributed by atoms with Crippen molar-refractivity contribution in [2.45, 2.75) is 20.1 Å². The average molecular weight is 301 g/mol. The summed E-state index contributed by atoms with van der Waals surface area (Å²) in [6, 6.07) is 15.2. The van der Waals surface area contributed by atoms with Gasteiger partial charge in [-0.1, -0.05) is 42.8 Å². The second kappa shape index (κ2) is 7.68. The largest absolute Gasteiger partial charge is 0.488 e. The molecular weight excluding hydrogens is 284 g/mol. The molecule has 0 unspecified atom stereocenters. The van der Waals surface area contributed by atoms with E-state index in [0.717, 1.165) is 23.4 Å². The molecule has 0 aliphatic heterocycles. The van der Waals surface area contributed by atoms with Crippen LogP contribution in [0.2, 0.25) is 5.02 Å². The first-order chi connectivity index (χ1) is 10.3. The normalized spacial score (nSPS) is 10.1. The summed E-state index contributed by atoms with van der Waals surface area (Å²) in [6.07, 6.45) is 0. The number of nitrogens with zero attached hydrogens (tertiary/aromatic N) is 1. The van der Waals surface area contributed by atoms with Gasteiger partial charge in [-0.3, -0.25) is 0 Å². The molecular formula is C17H17ClN2O. The minimum Gasteiger partial charge on any atom is -0.488 e. The average Bonchev–Trinajstić information content (AvgIpc) is 2.52. The summed E-state index contributed by atoms with van der Waals surface area (Å²) >= 11 is 6.23. The molecule has 3 nitrogen and oxygen atoms in total. The summed E-state index contributed by atoms with van der Waals surface area (Å²) in [6.45, 7) is 3.91. The maximum absolute atomic E-state index is 9.09. The van der Waals surface area contributed by atoms with Crippen molar-refractivity contribution in [2.75, 3.05) is 6.54 Å². The third kappa shape index (κ3) is 3.98. The number of hydrogen-bond acceptors (Lipinski definition) is 3. The number of halogens is 1. The van der Waals surface area contributed by atoms with Crippen molar-refractivity contribution in [3.8, 4) is 11.8 Å². The molecule has 2 rings (SSSR count). The van der Waals surface area contributed by atoms with Gasteiger partial charge in [0, 0.05) is 22.7 Å². The first kappa shape index (κ1) is 15.4. The molecule has 0 bridgehead atoms. The molecule has 0 amide bonds. The second-order valence-corrected chi connectivity index (χ2v) is 4.96. The van der Waals surface area contributed by atoms with Gasteiger partial charge in [0.1, 0.15) is 12.4 Å².